The highest BCUT2D eigenvalue weighted by atomic mass is 16.2. The van der Waals surface area contributed by atoms with Gasteiger partial charge in [-0.05, 0) is 12.8 Å². The van der Waals surface area contributed by atoms with E-state index in [1.54, 1.807) is 0 Å². The molecule has 0 saturated heterocycles. The van der Waals surface area contributed by atoms with Crippen LogP contribution in [0.2, 0.25) is 0 Å². The second-order valence-corrected chi connectivity index (χ2v) is 5.34. The fraction of sp³-hybridized carbons (Fsp3) is 0.583. The van der Waals surface area contributed by atoms with E-state index in [2.05, 4.69) is 26.9 Å². The number of fused-ring (bicyclic) bond motifs is 1. The van der Waals surface area contributed by atoms with Crippen LogP contribution in [0.15, 0.2) is 9.59 Å². The van der Waals surface area contributed by atoms with Crippen molar-refractivity contribution < 1.29 is 0 Å². The van der Waals surface area contributed by atoms with Gasteiger partial charge in [-0.25, -0.2) is 9.78 Å². The Hall–Kier alpha value is -1.85. The molecule has 2 aromatic rings. The molecule has 1 aliphatic rings. The molecule has 0 amide bonds. The molecule has 6 heteroatoms. The summed E-state index contributed by atoms with van der Waals surface area (Å²) in [5, 5.41) is 0. The molecule has 1 fully saturated rings. The molecule has 3 N–H and O–H groups in total. The molecule has 1 aliphatic carbocycles. The lowest BCUT2D eigenvalue weighted by Gasteiger charge is -2.31. The van der Waals surface area contributed by atoms with Crippen LogP contribution in [0.5, 0.6) is 0 Å². The highest BCUT2D eigenvalue weighted by Crippen LogP contribution is 2.37. The number of nitrogens with one attached hydrogen (secondary N) is 3. The van der Waals surface area contributed by atoms with E-state index in [9.17, 15) is 9.59 Å². The minimum atomic E-state index is -0.514. The van der Waals surface area contributed by atoms with Crippen molar-refractivity contribution in [2.75, 3.05) is 0 Å². The first-order valence-electron chi connectivity index (χ1n) is 6.31. The van der Waals surface area contributed by atoms with Gasteiger partial charge in [0.05, 0.1) is 0 Å². The first-order chi connectivity index (χ1) is 8.58. The first kappa shape index (κ1) is 11.3. The van der Waals surface area contributed by atoms with E-state index >= 15 is 0 Å². The minimum absolute atomic E-state index is 0.0133. The lowest BCUT2D eigenvalue weighted by atomic mass is 9.75. The van der Waals surface area contributed by atoms with Crippen molar-refractivity contribution in [3.05, 3.63) is 26.7 Å². The molecule has 3 rings (SSSR count). The molecule has 2 heterocycles. The van der Waals surface area contributed by atoms with Crippen molar-refractivity contribution in [1.29, 1.82) is 0 Å². The second kappa shape index (κ2) is 3.83. The van der Waals surface area contributed by atoms with Crippen molar-refractivity contribution in [2.45, 2.75) is 44.4 Å². The Morgan fingerprint density at radius 1 is 1.06 bits per heavy atom. The summed E-state index contributed by atoms with van der Waals surface area (Å²) < 4.78 is 0. The fourth-order valence-corrected chi connectivity index (χ4v) is 2.79. The summed E-state index contributed by atoms with van der Waals surface area (Å²) in [6.07, 6.45) is 5.75. The average Bonchev–Trinajstić information content (AvgIpc) is 2.74. The zero-order chi connectivity index (χ0) is 12.8. The summed E-state index contributed by atoms with van der Waals surface area (Å²) in [6.45, 7) is 2.16. The van der Waals surface area contributed by atoms with Crippen LogP contribution in [0.1, 0.15) is 44.9 Å². The maximum Gasteiger partial charge on any atom is 0.327 e. The normalized spacial score (nSPS) is 19.2. The van der Waals surface area contributed by atoms with Gasteiger partial charge in [-0.2, -0.15) is 0 Å². The predicted octanol–water partition coefficient (Wildman–Crippen LogP) is 1.16. The van der Waals surface area contributed by atoms with E-state index in [1.807, 2.05) is 0 Å². The number of nitrogens with zero attached hydrogens (tertiary/aromatic N) is 1. The smallest absolute Gasteiger partial charge is 0.327 e. The number of imidazole rings is 1. The lowest BCUT2D eigenvalue weighted by molar-refractivity contribution is 0.306. The van der Waals surface area contributed by atoms with Gasteiger partial charge in [-0.3, -0.25) is 14.8 Å². The molecule has 6 nitrogen and oxygen atoms in total. The van der Waals surface area contributed by atoms with Gasteiger partial charge in [-0.15, -0.1) is 0 Å². The van der Waals surface area contributed by atoms with E-state index in [-0.39, 0.29) is 5.41 Å². The molecule has 0 spiro atoms. The van der Waals surface area contributed by atoms with E-state index in [0.717, 1.165) is 18.7 Å². The van der Waals surface area contributed by atoms with E-state index in [0.29, 0.717) is 11.2 Å². The highest BCUT2D eigenvalue weighted by molar-refractivity contribution is 5.68. The molecule has 0 bridgehead atoms. The van der Waals surface area contributed by atoms with Crippen LogP contribution in [0.25, 0.3) is 11.2 Å². The van der Waals surface area contributed by atoms with Gasteiger partial charge < -0.3 is 4.98 Å². The van der Waals surface area contributed by atoms with Crippen LogP contribution in [-0.2, 0) is 5.41 Å². The SMILES string of the molecule is CC1(c2nc3[nH]c(=O)[nH]c(=O)c3[nH]2)CCCCC1. The maximum absolute atomic E-state index is 11.7. The maximum atomic E-state index is 11.7. The average molecular weight is 248 g/mol. The first-order valence-corrected chi connectivity index (χ1v) is 6.31. The molecule has 2 aromatic heterocycles. The van der Waals surface area contributed by atoms with Crippen LogP contribution < -0.4 is 11.2 Å². The topological polar surface area (TPSA) is 94.4 Å². The van der Waals surface area contributed by atoms with Gasteiger partial charge in [0.15, 0.2) is 5.65 Å². The molecule has 96 valence electrons. The zero-order valence-corrected chi connectivity index (χ0v) is 10.3. The molecule has 18 heavy (non-hydrogen) atoms. The Bertz CT molecular complexity index is 688. The van der Waals surface area contributed by atoms with Gasteiger partial charge in [0.25, 0.3) is 5.56 Å². The molecule has 1 saturated carbocycles. The van der Waals surface area contributed by atoms with E-state index < -0.39 is 11.2 Å². The number of rotatable bonds is 1. The Morgan fingerprint density at radius 3 is 2.50 bits per heavy atom. The molecule has 0 unspecified atom stereocenters. The summed E-state index contributed by atoms with van der Waals surface area (Å²) in [5.74, 6) is 0.810. The third-order valence-corrected chi connectivity index (χ3v) is 3.92. The molecule has 0 aliphatic heterocycles. The number of H-pyrrole nitrogens is 3. The number of aromatic amines is 3. The number of aromatic nitrogens is 4. The summed E-state index contributed by atoms with van der Waals surface area (Å²) >= 11 is 0. The Kier molecular flexibility index (Phi) is 2.39. The monoisotopic (exact) mass is 248 g/mol. The van der Waals surface area contributed by atoms with Crippen molar-refractivity contribution >= 4 is 11.2 Å². The van der Waals surface area contributed by atoms with Crippen LogP contribution >= 0.6 is 0 Å². The molecular formula is C12H16N4O2. The Labute approximate surface area is 103 Å². The van der Waals surface area contributed by atoms with E-state index in [1.165, 1.54) is 19.3 Å². The molecule has 0 atom stereocenters. The summed E-state index contributed by atoms with van der Waals surface area (Å²) in [7, 11) is 0. The summed E-state index contributed by atoms with van der Waals surface area (Å²) in [6, 6.07) is 0. The second-order valence-electron chi connectivity index (χ2n) is 5.34. The molecular weight excluding hydrogens is 232 g/mol. The minimum Gasteiger partial charge on any atom is -0.336 e. The van der Waals surface area contributed by atoms with Gasteiger partial charge >= 0.3 is 5.69 Å². The van der Waals surface area contributed by atoms with Crippen LogP contribution in [0.3, 0.4) is 0 Å². The zero-order valence-electron chi connectivity index (χ0n) is 10.3. The fourth-order valence-electron chi connectivity index (χ4n) is 2.79. The number of hydrogen-bond donors (Lipinski definition) is 3. The van der Waals surface area contributed by atoms with Crippen LogP contribution in [0, 0.1) is 0 Å². The third-order valence-electron chi connectivity index (χ3n) is 3.92. The Morgan fingerprint density at radius 2 is 1.78 bits per heavy atom. The Balaban J connectivity index is 2.16. The standard InChI is InChI=1S/C12H16N4O2/c1-12(5-3-2-4-6-12)10-13-7-8(14-10)15-11(18)16-9(7)17/h2-6H2,1H3,(H3,13,14,15,16,17,18). The van der Waals surface area contributed by atoms with Crippen LogP contribution in [-0.4, -0.2) is 19.9 Å². The van der Waals surface area contributed by atoms with Crippen molar-refractivity contribution in [1.82, 2.24) is 19.9 Å². The van der Waals surface area contributed by atoms with Gasteiger partial charge in [-0.1, -0.05) is 26.2 Å². The predicted molar refractivity (Wildman–Crippen MR) is 67.8 cm³/mol. The highest BCUT2D eigenvalue weighted by Gasteiger charge is 2.32. The van der Waals surface area contributed by atoms with Gasteiger partial charge in [0.2, 0.25) is 0 Å². The number of hydrogen-bond acceptors (Lipinski definition) is 3. The van der Waals surface area contributed by atoms with Gasteiger partial charge in [0.1, 0.15) is 11.3 Å². The molecule has 0 radical (unpaired) electrons. The quantitative estimate of drug-likeness (QED) is 0.706. The van der Waals surface area contributed by atoms with Crippen molar-refractivity contribution in [2.24, 2.45) is 0 Å². The summed E-state index contributed by atoms with van der Waals surface area (Å²) in [5.41, 5.74) is -0.228. The largest absolute Gasteiger partial charge is 0.336 e. The third kappa shape index (κ3) is 1.68. The van der Waals surface area contributed by atoms with Gasteiger partial charge in [0, 0.05) is 5.41 Å². The summed E-state index contributed by atoms with van der Waals surface area (Å²) in [4.78, 5) is 35.1. The van der Waals surface area contributed by atoms with Crippen LogP contribution in [0.4, 0.5) is 0 Å². The van der Waals surface area contributed by atoms with Crippen molar-refractivity contribution in [3.8, 4) is 0 Å². The van der Waals surface area contributed by atoms with Crippen molar-refractivity contribution in [3.63, 3.8) is 0 Å². The van der Waals surface area contributed by atoms with E-state index in [4.69, 9.17) is 0 Å². The lowest BCUT2D eigenvalue weighted by Crippen LogP contribution is -2.26. The molecule has 0 aromatic carbocycles.